The van der Waals surface area contributed by atoms with E-state index in [1.54, 1.807) is 0 Å². The van der Waals surface area contributed by atoms with Crippen LogP contribution in [0.2, 0.25) is 0 Å². The minimum absolute atomic E-state index is 0.0282. The lowest BCUT2D eigenvalue weighted by Crippen LogP contribution is -2.49. The first-order valence-corrected chi connectivity index (χ1v) is 11.9. The molecule has 1 saturated heterocycles. The molecule has 4 N–H and O–H groups in total. The first kappa shape index (κ1) is 25.2. The molecule has 1 unspecified atom stereocenters. The Bertz CT molecular complexity index is 1260. The van der Waals surface area contributed by atoms with Gasteiger partial charge in [-0.05, 0) is 25.3 Å². The zero-order chi connectivity index (χ0) is 25.9. The number of carbonyl (C=O) groups is 3. The van der Waals surface area contributed by atoms with Crippen molar-refractivity contribution in [1.29, 1.82) is 0 Å². The molecule has 36 heavy (non-hydrogen) atoms. The van der Waals surface area contributed by atoms with E-state index >= 15 is 0 Å². The molecule has 192 valence electrons. The van der Waals surface area contributed by atoms with Crippen LogP contribution in [0.3, 0.4) is 0 Å². The van der Waals surface area contributed by atoms with Crippen LogP contribution in [0.4, 0.5) is 16.3 Å². The Balaban J connectivity index is 1.64. The van der Waals surface area contributed by atoms with E-state index in [1.165, 1.54) is 18.6 Å². The summed E-state index contributed by atoms with van der Waals surface area (Å²) in [6.45, 7) is 1.86. The van der Waals surface area contributed by atoms with Gasteiger partial charge in [0.2, 0.25) is 5.91 Å². The number of amides is 4. The second-order valence-corrected chi connectivity index (χ2v) is 9.03. The predicted molar refractivity (Wildman–Crippen MR) is 132 cm³/mol. The molecule has 12 nitrogen and oxygen atoms in total. The molecule has 0 radical (unpaired) electrons. The number of ether oxygens (including phenoxy) is 1. The van der Waals surface area contributed by atoms with Crippen LogP contribution in [0.15, 0.2) is 39.9 Å². The van der Waals surface area contributed by atoms with Crippen molar-refractivity contribution in [3.05, 3.63) is 56.7 Å². The number of nitrogens with zero attached hydrogens (tertiary/aromatic N) is 2. The molecule has 4 rings (SSSR count). The standard InChI is InChI=1S/C24H30N6O6/c1-15(30-21(33)24(28-23(30)35)10-6-7-11-24)19(31)26-18-17(25-14-16-8-4-3-5-9-16)20(32)27-22(34)29(18)12-13-36-2/h3-5,8-9,15,25H,6-7,10-14H2,1-2H3,(H,26,31)(H,28,35)(H,27,32,34). The third-order valence-electron chi connectivity index (χ3n) is 6.69. The topological polar surface area (TPSA) is 155 Å². The molecular formula is C24H30N6O6. The zero-order valence-electron chi connectivity index (χ0n) is 20.3. The number of rotatable bonds is 9. The highest BCUT2D eigenvalue weighted by molar-refractivity contribution is 6.11. The van der Waals surface area contributed by atoms with E-state index in [-0.39, 0.29) is 31.2 Å². The van der Waals surface area contributed by atoms with Crippen molar-refractivity contribution >= 4 is 29.4 Å². The Hall–Kier alpha value is -3.93. The number of hydrogen-bond acceptors (Lipinski definition) is 7. The van der Waals surface area contributed by atoms with Gasteiger partial charge in [-0.15, -0.1) is 0 Å². The quantitative estimate of drug-likeness (QED) is 0.376. The summed E-state index contributed by atoms with van der Waals surface area (Å²) >= 11 is 0. The van der Waals surface area contributed by atoms with E-state index in [0.29, 0.717) is 12.8 Å². The van der Waals surface area contributed by atoms with Crippen LogP contribution in [-0.2, 0) is 27.4 Å². The molecule has 1 saturated carbocycles. The molecule has 1 aromatic heterocycles. The summed E-state index contributed by atoms with van der Waals surface area (Å²) < 4.78 is 6.25. The number of benzene rings is 1. The third-order valence-corrected chi connectivity index (χ3v) is 6.69. The van der Waals surface area contributed by atoms with Crippen LogP contribution in [0.5, 0.6) is 0 Å². The molecule has 1 aliphatic heterocycles. The smallest absolute Gasteiger partial charge is 0.330 e. The fraction of sp³-hybridized carbons (Fsp3) is 0.458. The number of urea groups is 1. The molecule has 1 atom stereocenters. The molecule has 1 spiro atoms. The number of aromatic amines is 1. The van der Waals surface area contributed by atoms with Crippen LogP contribution in [0.1, 0.15) is 38.2 Å². The van der Waals surface area contributed by atoms with Gasteiger partial charge in [0.25, 0.3) is 11.5 Å². The number of nitrogens with one attached hydrogen (secondary N) is 4. The van der Waals surface area contributed by atoms with E-state index in [2.05, 4.69) is 20.9 Å². The fourth-order valence-corrected chi connectivity index (χ4v) is 4.70. The molecule has 2 aromatic rings. The van der Waals surface area contributed by atoms with Crippen LogP contribution in [0, 0.1) is 0 Å². The van der Waals surface area contributed by atoms with Gasteiger partial charge in [-0.2, -0.15) is 0 Å². The zero-order valence-corrected chi connectivity index (χ0v) is 20.3. The van der Waals surface area contributed by atoms with Gasteiger partial charge in [0.1, 0.15) is 23.1 Å². The van der Waals surface area contributed by atoms with Gasteiger partial charge >= 0.3 is 11.7 Å². The summed E-state index contributed by atoms with van der Waals surface area (Å²) in [7, 11) is 1.46. The van der Waals surface area contributed by atoms with Crippen molar-refractivity contribution in [3.63, 3.8) is 0 Å². The summed E-state index contributed by atoms with van der Waals surface area (Å²) in [5, 5.41) is 8.36. The minimum atomic E-state index is -1.18. The van der Waals surface area contributed by atoms with Crippen molar-refractivity contribution < 1.29 is 19.1 Å². The Kier molecular flexibility index (Phi) is 7.25. The number of imide groups is 1. The number of hydrogen-bond donors (Lipinski definition) is 4. The third kappa shape index (κ3) is 4.76. The van der Waals surface area contributed by atoms with Gasteiger partial charge in [-0.3, -0.25) is 23.9 Å². The maximum absolute atomic E-state index is 13.3. The molecule has 2 heterocycles. The van der Waals surface area contributed by atoms with E-state index in [1.807, 2.05) is 30.3 Å². The number of carbonyl (C=O) groups excluding carboxylic acids is 3. The summed E-state index contributed by atoms with van der Waals surface area (Å²) in [5.41, 5.74) is -1.56. The lowest BCUT2D eigenvalue weighted by atomic mass is 9.97. The van der Waals surface area contributed by atoms with E-state index in [4.69, 9.17) is 4.74 Å². The number of anilines is 2. The number of aromatic nitrogens is 2. The highest BCUT2D eigenvalue weighted by atomic mass is 16.5. The largest absolute Gasteiger partial charge is 0.383 e. The number of H-pyrrole nitrogens is 1. The summed E-state index contributed by atoms with van der Waals surface area (Å²) in [4.78, 5) is 67.6. The average molecular weight is 499 g/mol. The van der Waals surface area contributed by atoms with Gasteiger partial charge < -0.3 is 20.7 Å². The van der Waals surface area contributed by atoms with E-state index in [9.17, 15) is 24.0 Å². The molecular weight excluding hydrogens is 468 g/mol. The van der Waals surface area contributed by atoms with Crippen LogP contribution in [-0.4, -0.2) is 57.6 Å². The van der Waals surface area contributed by atoms with Gasteiger partial charge in [-0.1, -0.05) is 43.2 Å². The first-order valence-electron chi connectivity index (χ1n) is 11.9. The maximum Gasteiger partial charge on any atom is 0.330 e. The van der Waals surface area contributed by atoms with Crippen molar-refractivity contribution in [1.82, 2.24) is 19.8 Å². The molecule has 1 aliphatic carbocycles. The van der Waals surface area contributed by atoms with Crippen molar-refractivity contribution in [3.8, 4) is 0 Å². The second kappa shape index (κ2) is 10.4. The molecule has 4 amide bonds. The Morgan fingerprint density at radius 2 is 1.83 bits per heavy atom. The lowest BCUT2D eigenvalue weighted by molar-refractivity contribution is -0.136. The van der Waals surface area contributed by atoms with Crippen LogP contribution in [0.25, 0.3) is 0 Å². The van der Waals surface area contributed by atoms with Gasteiger partial charge in [-0.25, -0.2) is 14.5 Å². The Morgan fingerprint density at radius 3 is 2.50 bits per heavy atom. The normalized spacial score (nSPS) is 17.3. The molecule has 12 heteroatoms. The van der Waals surface area contributed by atoms with Gasteiger partial charge in [0.05, 0.1) is 13.2 Å². The van der Waals surface area contributed by atoms with E-state index < -0.39 is 40.7 Å². The predicted octanol–water partition coefficient (Wildman–Crippen LogP) is 0.987. The van der Waals surface area contributed by atoms with Crippen molar-refractivity contribution in [2.45, 2.75) is 57.3 Å². The summed E-state index contributed by atoms with van der Waals surface area (Å²) in [6.07, 6.45) is 2.69. The molecule has 2 fully saturated rings. The monoisotopic (exact) mass is 498 g/mol. The highest BCUT2D eigenvalue weighted by Gasteiger charge is 2.54. The van der Waals surface area contributed by atoms with Gasteiger partial charge in [0.15, 0.2) is 0 Å². The van der Waals surface area contributed by atoms with Crippen LogP contribution >= 0.6 is 0 Å². The summed E-state index contributed by atoms with van der Waals surface area (Å²) in [5.74, 6) is -1.22. The van der Waals surface area contributed by atoms with Gasteiger partial charge in [0, 0.05) is 13.7 Å². The number of methoxy groups -OCH3 is 1. The van der Waals surface area contributed by atoms with Crippen LogP contribution < -0.4 is 27.2 Å². The Morgan fingerprint density at radius 1 is 1.14 bits per heavy atom. The van der Waals surface area contributed by atoms with Crippen molar-refractivity contribution in [2.75, 3.05) is 24.4 Å². The molecule has 1 aromatic carbocycles. The molecule has 2 aliphatic rings. The highest BCUT2D eigenvalue weighted by Crippen LogP contribution is 2.36. The fourth-order valence-electron chi connectivity index (χ4n) is 4.70. The average Bonchev–Trinajstić information content (AvgIpc) is 3.42. The second-order valence-electron chi connectivity index (χ2n) is 9.03. The lowest BCUT2D eigenvalue weighted by Gasteiger charge is -2.24. The Labute approximate surface area is 207 Å². The SMILES string of the molecule is COCCn1c(NC(=O)C(C)N2C(=O)NC3(CCCC3)C2=O)c(NCc2ccccc2)c(=O)[nH]c1=O. The minimum Gasteiger partial charge on any atom is -0.383 e. The maximum atomic E-state index is 13.3. The summed E-state index contributed by atoms with van der Waals surface area (Å²) in [6, 6.07) is 7.47. The van der Waals surface area contributed by atoms with E-state index in [0.717, 1.165) is 23.3 Å². The first-order chi connectivity index (χ1) is 17.3. The van der Waals surface area contributed by atoms with Crippen molar-refractivity contribution in [2.24, 2.45) is 0 Å². The molecule has 0 bridgehead atoms.